The zero-order valence-electron chi connectivity index (χ0n) is 22.0. The summed E-state index contributed by atoms with van der Waals surface area (Å²) in [5.74, 6) is 2.92. The first-order chi connectivity index (χ1) is 19.4. The minimum atomic E-state index is -1.99. The minimum absolute atomic E-state index is 0.274. The molecule has 40 heavy (non-hydrogen) atoms. The maximum atomic E-state index is 10.4. The Labute approximate surface area is 237 Å². The summed E-state index contributed by atoms with van der Waals surface area (Å²) >= 11 is 6.51. The standard InChI is InChI=1S/C29H30ClN6O3P/c1-40(37)12-10-36(11-13-40)17-23-4-7-27(39-23)20-2-5-26-24(14-20)29(34-19-33-26)35-21-3-6-28(25(30)15-21)38-18-22-16-31-8-9-32-22/h2-9,14-16,19,37,40H,10-13,17-18H2,1H3,(H,33,34,35). The first-order valence-corrected chi connectivity index (χ1v) is 16.4. The SMILES string of the molecule is C[PH]1(O)CCN(Cc2ccc(-c3ccc4ncnc(Nc5ccc(OCc6cnccn6)c(Cl)c5)c4c3)o2)CC1. The molecule has 4 heterocycles. The Morgan fingerprint density at radius 3 is 2.73 bits per heavy atom. The van der Waals surface area contributed by atoms with Gasteiger partial charge in [0.2, 0.25) is 0 Å². The zero-order valence-corrected chi connectivity index (χ0v) is 23.8. The fourth-order valence-corrected chi connectivity index (χ4v) is 6.81. The summed E-state index contributed by atoms with van der Waals surface area (Å²) in [6, 6.07) is 15.5. The summed E-state index contributed by atoms with van der Waals surface area (Å²) < 4.78 is 12.0. The van der Waals surface area contributed by atoms with E-state index in [2.05, 4.69) is 30.2 Å². The zero-order chi connectivity index (χ0) is 27.5. The number of nitrogens with zero attached hydrogens (tertiary/aromatic N) is 5. The van der Waals surface area contributed by atoms with E-state index in [9.17, 15) is 4.89 Å². The quantitative estimate of drug-likeness (QED) is 0.223. The third kappa shape index (κ3) is 6.24. The van der Waals surface area contributed by atoms with Crippen LogP contribution in [-0.2, 0) is 13.2 Å². The summed E-state index contributed by atoms with van der Waals surface area (Å²) in [5, 5.41) is 4.70. The summed E-state index contributed by atoms with van der Waals surface area (Å²) in [7, 11) is -1.99. The van der Waals surface area contributed by atoms with Crippen molar-refractivity contribution in [2.45, 2.75) is 13.2 Å². The van der Waals surface area contributed by atoms with Crippen molar-refractivity contribution < 1.29 is 14.0 Å². The Bertz CT molecular complexity index is 1620. The molecule has 3 aromatic heterocycles. The van der Waals surface area contributed by atoms with Crippen LogP contribution in [0.5, 0.6) is 5.75 Å². The summed E-state index contributed by atoms with van der Waals surface area (Å²) in [6.45, 7) is 4.89. The van der Waals surface area contributed by atoms with Gasteiger partial charge in [0.25, 0.3) is 0 Å². The molecule has 0 bridgehead atoms. The van der Waals surface area contributed by atoms with Crippen LogP contribution in [0.15, 0.2) is 77.9 Å². The van der Waals surface area contributed by atoms with Crippen LogP contribution in [0.1, 0.15) is 11.5 Å². The molecule has 0 saturated carbocycles. The molecule has 2 aromatic carbocycles. The number of nitrogens with one attached hydrogen (secondary N) is 1. The van der Waals surface area contributed by atoms with Gasteiger partial charge < -0.3 is 4.74 Å². The van der Waals surface area contributed by atoms with Crippen LogP contribution in [0.25, 0.3) is 22.2 Å². The molecule has 206 valence electrons. The molecule has 6 rings (SSSR count). The van der Waals surface area contributed by atoms with Crippen molar-refractivity contribution >= 4 is 41.5 Å². The van der Waals surface area contributed by atoms with Gasteiger partial charge in [0.15, 0.2) is 0 Å². The van der Waals surface area contributed by atoms with Gasteiger partial charge in [-0.05, 0) is 18.2 Å². The van der Waals surface area contributed by atoms with Crippen molar-refractivity contribution in [2.75, 3.05) is 37.4 Å². The van der Waals surface area contributed by atoms with Crippen molar-refractivity contribution in [2.24, 2.45) is 0 Å². The van der Waals surface area contributed by atoms with Crippen molar-refractivity contribution in [3.8, 4) is 17.1 Å². The molecule has 0 unspecified atom stereocenters. The first-order valence-electron chi connectivity index (χ1n) is 13.1. The Morgan fingerprint density at radius 1 is 1.05 bits per heavy atom. The number of rotatable bonds is 8. The fourth-order valence-electron chi connectivity index (χ4n) is 4.73. The Morgan fingerprint density at radius 2 is 1.93 bits per heavy atom. The molecule has 1 fully saturated rings. The van der Waals surface area contributed by atoms with Gasteiger partial charge in [0.1, 0.15) is 18.7 Å². The van der Waals surface area contributed by atoms with Crippen LogP contribution >= 0.6 is 19.1 Å². The van der Waals surface area contributed by atoms with Crippen LogP contribution < -0.4 is 10.1 Å². The van der Waals surface area contributed by atoms with E-state index in [4.69, 9.17) is 20.8 Å². The number of hydrogen-bond acceptors (Lipinski definition) is 9. The summed E-state index contributed by atoms with van der Waals surface area (Å²) in [4.78, 5) is 29.9. The Kier molecular flexibility index (Phi) is 7.63. The van der Waals surface area contributed by atoms with E-state index in [0.717, 1.165) is 71.3 Å². The van der Waals surface area contributed by atoms with Crippen LogP contribution in [0.3, 0.4) is 0 Å². The number of hydrogen-bond donors (Lipinski definition) is 2. The first kappa shape index (κ1) is 26.6. The monoisotopic (exact) mass is 576 g/mol. The summed E-state index contributed by atoms with van der Waals surface area (Å²) in [6.07, 6.45) is 8.25. The second kappa shape index (κ2) is 11.5. The molecule has 11 heteroatoms. The van der Waals surface area contributed by atoms with E-state index < -0.39 is 7.49 Å². The van der Waals surface area contributed by atoms with E-state index in [-0.39, 0.29) is 6.61 Å². The molecule has 9 nitrogen and oxygen atoms in total. The van der Waals surface area contributed by atoms with Gasteiger partial charge in [-0.3, -0.25) is 9.97 Å². The van der Waals surface area contributed by atoms with Crippen LogP contribution in [0, 0.1) is 0 Å². The third-order valence-electron chi connectivity index (χ3n) is 7.08. The number of fused-ring (bicyclic) bond motifs is 1. The second-order valence-electron chi connectivity index (χ2n) is 10.2. The number of ether oxygens (including phenoxy) is 1. The van der Waals surface area contributed by atoms with Gasteiger partial charge in [0, 0.05) is 18.1 Å². The summed E-state index contributed by atoms with van der Waals surface area (Å²) in [5.41, 5.74) is 3.24. The number of anilines is 2. The number of furan rings is 1. The predicted octanol–water partition coefficient (Wildman–Crippen LogP) is 5.76. The van der Waals surface area contributed by atoms with Crippen molar-refractivity contribution in [1.82, 2.24) is 24.8 Å². The van der Waals surface area contributed by atoms with Gasteiger partial charge in [-0.15, -0.1) is 0 Å². The normalized spacial score (nSPS) is 16.1. The van der Waals surface area contributed by atoms with Crippen LogP contribution in [0.4, 0.5) is 11.5 Å². The molecule has 2 N–H and O–H groups in total. The molecular weight excluding hydrogens is 547 g/mol. The molecule has 1 aliphatic heterocycles. The maximum absolute atomic E-state index is 10.4. The van der Waals surface area contributed by atoms with E-state index in [1.165, 1.54) is 6.33 Å². The van der Waals surface area contributed by atoms with Gasteiger partial charge in [-0.2, -0.15) is 0 Å². The number of benzene rings is 2. The average molecular weight is 577 g/mol. The van der Waals surface area contributed by atoms with Crippen LogP contribution in [-0.4, -0.2) is 61.8 Å². The predicted molar refractivity (Wildman–Crippen MR) is 160 cm³/mol. The molecular formula is C29H30ClN6O3P. The van der Waals surface area contributed by atoms with Crippen molar-refractivity contribution in [3.63, 3.8) is 0 Å². The number of aromatic nitrogens is 4. The molecule has 1 saturated heterocycles. The molecule has 0 amide bonds. The van der Waals surface area contributed by atoms with Crippen LogP contribution in [0.2, 0.25) is 5.02 Å². The van der Waals surface area contributed by atoms with Gasteiger partial charge in [0.05, 0.1) is 16.9 Å². The Hall–Kier alpha value is -3.62. The van der Waals surface area contributed by atoms with E-state index in [1.54, 1.807) is 24.7 Å². The second-order valence-corrected chi connectivity index (χ2v) is 14.6. The number of halogens is 1. The third-order valence-corrected chi connectivity index (χ3v) is 9.98. The van der Waals surface area contributed by atoms with Crippen molar-refractivity contribution in [3.05, 3.63) is 89.9 Å². The average Bonchev–Trinajstić information content (AvgIpc) is 3.43. The van der Waals surface area contributed by atoms with Gasteiger partial charge in [-0.1, -0.05) is 11.6 Å². The van der Waals surface area contributed by atoms with E-state index >= 15 is 0 Å². The molecule has 5 aromatic rings. The van der Waals surface area contributed by atoms with E-state index in [0.29, 0.717) is 16.6 Å². The Balaban J connectivity index is 1.17. The van der Waals surface area contributed by atoms with E-state index in [1.807, 2.05) is 49.1 Å². The topological polar surface area (TPSA) is 109 Å². The molecule has 0 aliphatic carbocycles. The fraction of sp³-hybridized carbons (Fsp3) is 0.241. The van der Waals surface area contributed by atoms with Gasteiger partial charge >= 0.3 is 140 Å². The molecule has 0 atom stereocenters. The molecule has 0 spiro atoms. The molecule has 0 radical (unpaired) electrons. The van der Waals surface area contributed by atoms with Crippen molar-refractivity contribution in [1.29, 1.82) is 0 Å². The molecule has 1 aliphatic rings. The van der Waals surface area contributed by atoms with Gasteiger partial charge in [-0.25, -0.2) is 0 Å².